The fourth-order valence-electron chi connectivity index (χ4n) is 2.80. The molecule has 7 nitrogen and oxygen atoms in total. The van der Waals surface area contributed by atoms with Gasteiger partial charge in [0.2, 0.25) is 5.91 Å². The van der Waals surface area contributed by atoms with Crippen molar-refractivity contribution in [1.82, 2.24) is 5.32 Å². The quantitative estimate of drug-likeness (QED) is 0.822. The van der Waals surface area contributed by atoms with E-state index in [0.717, 1.165) is 25.1 Å². The van der Waals surface area contributed by atoms with Crippen LogP contribution in [0.1, 0.15) is 19.3 Å². The lowest BCUT2D eigenvalue weighted by Crippen LogP contribution is -2.40. The van der Waals surface area contributed by atoms with Gasteiger partial charge in [-0.05, 0) is 25.0 Å². The Morgan fingerprint density at radius 2 is 2.13 bits per heavy atom. The fraction of sp³-hybridized carbons (Fsp3) is 0.438. The first-order chi connectivity index (χ1) is 11.1. The lowest BCUT2D eigenvalue weighted by atomic mass is 10.1. The van der Waals surface area contributed by atoms with Gasteiger partial charge in [-0.2, -0.15) is 5.10 Å². The molecule has 0 unspecified atom stereocenters. The van der Waals surface area contributed by atoms with Gasteiger partial charge in [0, 0.05) is 19.6 Å². The Bertz CT molecular complexity index is 611. The van der Waals surface area contributed by atoms with Crippen LogP contribution in [0.5, 0.6) is 0 Å². The van der Waals surface area contributed by atoms with Crippen LogP contribution in [0.2, 0.25) is 0 Å². The number of ether oxygens (including phenoxy) is 1. The highest BCUT2D eigenvalue weighted by Crippen LogP contribution is 2.24. The van der Waals surface area contributed by atoms with Gasteiger partial charge in [0.1, 0.15) is 11.8 Å². The number of carbonyl (C=O) groups is 2. The monoisotopic (exact) mass is 316 g/mol. The first-order valence-electron chi connectivity index (χ1n) is 7.76. The molecule has 1 saturated heterocycles. The summed E-state index contributed by atoms with van der Waals surface area (Å²) in [5.74, 6) is -0.773. The molecule has 2 aliphatic heterocycles. The summed E-state index contributed by atoms with van der Waals surface area (Å²) in [4.78, 5) is 23.9. The third-order valence-electron chi connectivity index (χ3n) is 4.04. The van der Waals surface area contributed by atoms with Gasteiger partial charge in [0.15, 0.2) is 0 Å². The molecule has 2 atom stereocenters. The molecular formula is C16H20N4O3. The highest BCUT2D eigenvalue weighted by molar-refractivity contribution is 6.40. The van der Waals surface area contributed by atoms with Gasteiger partial charge in [-0.1, -0.05) is 18.2 Å². The maximum absolute atomic E-state index is 12.3. The van der Waals surface area contributed by atoms with Crippen molar-refractivity contribution in [3.05, 3.63) is 30.3 Å². The number of rotatable bonds is 5. The predicted molar refractivity (Wildman–Crippen MR) is 85.9 cm³/mol. The Balaban J connectivity index is 1.69. The van der Waals surface area contributed by atoms with Crippen molar-refractivity contribution in [2.45, 2.75) is 31.4 Å². The molecule has 0 aromatic heterocycles. The van der Waals surface area contributed by atoms with Gasteiger partial charge in [0.25, 0.3) is 5.91 Å². The van der Waals surface area contributed by atoms with Crippen LogP contribution < -0.4 is 16.1 Å². The van der Waals surface area contributed by atoms with Crippen LogP contribution in [0.3, 0.4) is 0 Å². The van der Waals surface area contributed by atoms with E-state index in [1.54, 1.807) is 0 Å². The lowest BCUT2D eigenvalue weighted by Gasteiger charge is -2.20. The van der Waals surface area contributed by atoms with E-state index in [0.29, 0.717) is 12.3 Å². The Morgan fingerprint density at radius 3 is 2.78 bits per heavy atom. The van der Waals surface area contributed by atoms with E-state index in [1.807, 2.05) is 30.3 Å². The smallest absolute Gasteiger partial charge is 0.267 e. The molecule has 3 rings (SSSR count). The molecule has 0 spiro atoms. The molecule has 23 heavy (non-hydrogen) atoms. The topological polar surface area (TPSA) is 97.0 Å². The number of primary amides is 1. The first-order valence-corrected chi connectivity index (χ1v) is 7.76. The van der Waals surface area contributed by atoms with E-state index in [9.17, 15) is 9.59 Å². The van der Waals surface area contributed by atoms with Crippen LogP contribution in [-0.2, 0) is 14.3 Å². The van der Waals surface area contributed by atoms with Crippen molar-refractivity contribution in [3.63, 3.8) is 0 Å². The largest absolute Gasteiger partial charge is 0.376 e. The van der Waals surface area contributed by atoms with Crippen LogP contribution in [0, 0.1) is 0 Å². The standard InChI is InChI=1S/C16H20N4O3/c17-15(21)14-9-13(16(22)18-10-12-7-4-8-23-12)19-20(14)11-5-2-1-3-6-11/h1-3,5-6,12,14H,4,7-10H2,(H2,17,21)(H,18,22)/t12-,14-/m1/s1. The summed E-state index contributed by atoms with van der Waals surface area (Å²) in [5.41, 5.74) is 6.51. The second-order valence-corrected chi connectivity index (χ2v) is 5.69. The number of hydrogen-bond donors (Lipinski definition) is 2. The molecule has 3 N–H and O–H groups in total. The second-order valence-electron chi connectivity index (χ2n) is 5.69. The highest BCUT2D eigenvalue weighted by atomic mass is 16.5. The predicted octanol–water partition coefficient (Wildman–Crippen LogP) is 0.402. The fourth-order valence-corrected chi connectivity index (χ4v) is 2.80. The van der Waals surface area contributed by atoms with E-state index in [2.05, 4.69) is 10.4 Å². The normalized spacial score (nSPS) is 23.7. The molecule has 1 aromatic carbocycles. The molecule has 122 valence electrons. The second kappa shape index (κ2) is 6.78. The van der Waals surface area contributed by atoms with Crippen molar-refractivity contribution in [1.29, 1.82) is 0 Å². The Labute approximate surface area is 134 Å². The number of nitrogens with one attached hydrogen (secondary N) is 1. The average Bonchev–Trinajstić information content (AvgIpc) is 3.23. The van der Waals surface area contributed by atoms with Crippen LogP contribution in [-0.4, -0.2) is 42.8 Å². The number of para-hydroxylation sites is 1. The van der Waals surface area contributed by atoms with E-state index in [-0.39, 0.29) is 18.4 Å². The van der Waals surface area contributed by atoms with Crippen molar-refractivity contribution < 1.29 is 14.3 Å². The van der Waals surface area contributed by atoms with Gasteiger partial charge < -0.3 is 15.8 Å². The van der Waals surface area contributed by atoms with E-state index >= 15 is 0 Å². The minimum atomic E-state index is -0.638. The van der Waals surface area contributed by atoms with Gasteiger partial charge in [0.05, 0.1) is 11.8 Å². The third kappa shape index (κ3) is 3.50. The number of anilines is 1. The number of amides is 2. The molecule has 2 aliphatic rings. The Kier molecular flexibility index (Phi) is 4.57. The minimum Gasteiger partial charge on any atom is -0.376 e. The summed E-state index contributed by atoms with van der Waals surface area (Å²) in [6.45, 7) is 1.21. The van der Waals surface area contributed by atoms with Gasteiger partial charge >= 0.3 is 0 Å². The lowest BCUT2D eigenvalue weighted by molar-refractivity contribution is -0.119. The van der Waals surface area contributed by atoms with Crippen LogP contribution in [0.15, 0.2) is 35.4 Å². The zero-order valence-corrected chi connectivity index (χ0v) is 12.8. The molecule has 0 aliphatic carbocycles. The van der Waals surface area contributed by atoms with Crippen molar-refractivity contribution >= 4 is 23.2 Å². The molecule has 0 bridgehead atoms. The van der Waals surface area contributed by atoms with E-state index in [4.69, 9.17) is 10.5 Å². The van der Waals surface area contributed by atoms with Crippen LogP contribution in [0.4, 0.5) is 5.69 Å². The number of hydrazone groups is 1. The zero-order chi connectivity index (χ0) is 16.2. The Hall–Kier alpha value is -2.41. The number of hydrogen-bond acceptors (Lipinski definition) is 5. The van der Waals surface area contributed by atoms with Gasteiger partial charge in [-0.25, -0.2) is 0 Å². The van der Waals surface area contributed by atoms with Crippen molar-refractivity contribution in [2.75, 3.05) is 18.2 Å². The molecular weight excluding hydrogens is 296 g/mol. The maximum Gasteiger partial charge on any atom is 0.267 e. The van der Waals surface area contributed by atoms with Crippen molar-refractivity contribution in [3.8, 4) is 0 Å². The molecule has 1 fully saturated rings. The van der Waals surface area contributed by atoms with E-state index < -0.39 is 11.9 Å². The molecule has 1 aromatic rings. The number of carbonyl (C=O) groups excluding carboxylic acids is 2. The number of nitrogens with zero attached hydrogens (tertiary/aromatic N) is 2. The third-order valence-corrected chi connectivity index (χ3v) is 4.04. The SMILES string of the molecule is NC(=O)[C@H]1CC(C(=O)NC[C@H]2CCCO2)=NN1c1ccccc1. The average molecular weight is 316 g/mol. The summed E-state index contributed by atoms with van der Waals surface area (Å²) in [6.07, 6.45) is 2.25. The van der Waals surface area contributed by atoms with Crippen molar-refractivity contribution in [2.24, 2.45) is 10.8 Å². The van der Waals surface area contributed by atoms with Crippen LogP contribution in [0.25, 0.3) is 0 Å². The minimum absolute atomic E-state index is 0.0677. The summed E-state index contributed by atoms with van der Waals surface area (Å²) < 4.78 is 5.48. The number of benzene rings is 1. The van der Waals surface area contributed by atoms with Crippen LogP contribution >= 0.6 is 0 Å². The van der Waals surface area contributed by atoms with Gasteiger partial charge in [-0.15, -0.1) is 0 Å². The molecule has 2 amide bonds. The summed E-state index contributed by atoms with van der Waals surface area (Å²) in [7, 11) is 0. The number of nitrogens with two attached hydrogens (primary N) is 1. The summed E-state index contributed by atoms with van der Waals surface area (Å²) >= 11 is 0. The van der Waals surface area contributed by atoms with E-state index in [1.165, 1.54) is 5.01 Å². The van der Waals surface area contributed by atoms with Gasteiger partial charge in [-0.3, -0.25) is 14.6 Å². The molecule has 7 heteroatoms. The molecule has 0 radical (unpaired) electrons. The Morgan fingerprint density at radius 1 is 1.35 bits per heavy atom. The first kappa shape index (κ1) is 15.5. The zero-order valence-electron chi connectivity index (χ0n) is 12.8. The molecule has 0 saturated carbocycles. The summed E-state index contributed by atoms with van der Waals surface area (Å²) in [5, 5.41) is 8.64. The molecule has 2 heterocycles. The summed E-state index contributed by atoms with van der Waals surface area (Å²) in [6, 6.07) is 8.58. The highest BCUT2D eigenvalue weighted by Gasteiger charge is 2.35. The maximum atomic E-state index is 12.3.